The lowest BCUT2D eigenvalue weighted by molar-refractivity contribution is 0.0869. The Balaban J connectivity index is 1.88. The summed E-state index contributed by atoms with van der Waals surface area (Å²) < 4.78 is 9.07. The van der Waals surface area contributed by atoms with Crippen LogP contribution in [-0.4, -0.2) is 41.3 Å². The van der Waals surface area contributed by atoms with E-state index in [1.165, 1.54) is 24.4 Å². The molecular formula is C10H18N4OS. The maximum absolute atomic E-state index is 5.79. The van der Waals surface area contributed by atoms with E-state index >= 15 is 0 Å². The van der Waals surface area contributed by atoms with Crippen molar-refractivity contribution >= 4 is 16.5 Å². The predicted octanol–water partition coefficient (Wildman–Crippen LogP) is 0.979. The SMILES string of the molecule is COCC1CCCN(Cc2nnsc2N)C1. The molecule has 1 aromatic rings. The number of anilines is 1. The Morgan fingerprint density at radius 3 is 3.19 bits per heavy atom. The van der Waals surface area contributed by atoms with Crippen molar-refractivity contribution in [2.75, 3.05) is 32.5 Å². The summed E-state index contributed by atoms with van der Waals surface area (Å²) >= 11 is 1.27. The summed E-state index contributed by atoms with van der Waals surface area (Å²) in [6, 6.07) is 0. The maximum Gasteiger partial charge on any atom is 0.132 e. The van der Waals surface area contributed by atoms with E-state index < -0.39 is 0 Å². The second-order valence-corrected chi connectivity index (χ2v) is 5.07. The standard InChI is InChI=1S/C10H18N4OS/c1-15-7-8-3-2-4-14(5-8)6-9-10(11)16-13-12-9/h8H,2-7,11H2,1H3. The molecule has 1 aliphatic rings. The lowest BCUT2D eigenvalue weighted by Gasteiger charge is -2.31. The topological polar surface area (TPSA) is 64.3 Å². The molecule has 1 unspecified atom stereocenters. The Hall–Kier alpha value is -0.720. The first kappa shape index (κ1) is 11.8. The van der Waals surface area contributed by atoms with E-state index in [1.54, 1.807) is 7.11 Å². The van der Waals surface area contributed by atoms with E-state index in [1.807, 2.05) is 0 Å². The highest BCUT2D eigenvalue weighted by Crippen LogP contribution is 2.21. The zero-order chi connectivity index (χ0) is 11.4. The molecule has 1 atom stereocenters. The van der Waals surface area contributed by atoms with Crippen LogP contribution in [0.5, 0.6) is 0 Å². The van der Waals surface area contributed by atoms with Gasteiger partial charge in [0.05, 0.1) is 6.61 Å². The van der Waals surface area contributed by atoms with Gasteiger partial charge in [-0.2, -0.15) is 0 Å². The molecule has 5 nitrogen and oxygen atoms in total. The number of ether oxygens (including phenoxy) is 1. The highest BCUT2D eigenvalue weighted by molar-refractivity contribution is 7.09. The van der Waals surface area contributed by atoms with Crippen molar-refractivity contribution < 1.29 is 4.74 Å². The summed E-state index contributed by atoms with van der Waals surface area (Å²) in [6.07, 6.45) is 2.49. The number of piperidine rings is 1. The molecule has 0 spiro atoms. The molecule has 0 amide bonds. The molecule has 0 radical (unpaired) electrons. The van der Waals surface area contributed by atoms with Gasteiger partial charge in [0.1, 0.15) is 10.7 Å². The van der Waals surface area contributed by atoms with Crippen LogP contribution >= 0.6 is 11.5 Å². The summed E-state index contributed by atoms with van der Waals surface area (Å²) in [5.41, 5.74) is 6.71. The van der Waals surface area contributed by atoms with Crippen LogP contribution in [0.25, 0.3) is 0 Å². The van der Waals surface area contributed by atoms with Gasteiger partial charge < -0.3 is 10.5 Å². The number of nitrogens with zero attached hydrogens (tertiary/aromatic N) is 3. The van der Waals surface area contributed by atoms with Gasteiger partial charge in [0.25, 0.3) is 0 Å². The second-order valence-electron chi connectivity index (χ2n) is 4.28. The quantitative estimate of drug-likeness (QED) is 0.852. The normalized spacial score (nSPS) is 22.4. The van der Waals surface area contributed by atoms with Crippen LogP contribution in [0.15, 0.2) is 0 Å². The molecule has 0 aliphatic carbocycles. The van der Waals surface area contributed by atoms with Crippen molar-refractivity contribution in [2.24, 2.45) is 5.92 Å². The third-order valence-electron chi connectivity index (χ3n) is 2.96. The lowest BCUT2D eigenvalue weighted by Crippen LogP contribution is -2.36. The molecule has 1 aliphatic heterocycles. The first-order valence-electron chi connectivity index (χ1n) is 5.57. The van der Waals surface area contributed by atoms with E-state index in [9.17, 15) is 0 Å². The van der Waals surface area contributed by atoms with E-state index in [0.717, 1.165) is 36.9 Å². The number of rotatable bonds is 4. The molecule has 90 valence electrons. The van der Waals surface area contributed by atoms with Crippen LogP contribution in [0.2, 0.25) is 0 Å². The van der Waals surface area contributed by atoms with Crippen LogP contribution in [0.4, 0.5) is 5.00 Å². The van der Waals surface area contributed by atoms with E-state index in [0.29, 0.717) is 5.92 Å². The van der Waals surface area contributed by atoms with Gasteiger partial charge >= 0.3 is 0 Å². The molecule has 6 heteroatoms. The smallest absolute Gasteiger partial charge is 0.132 e. The number of nitrogen functional groups attached to an aromatic ring is 1. The number of methoxy groups -OCH3 is 1. The molecule has 0 aromatic carbocycles. The fourth-order valence-corrected chi connectivity index (χ4v) is 2.64. The fraction of sp³-hybridized carbons (Fsp3) is 0.800. The average molecular weight is 242 g/mol. The Kier molecular flexibility index (Phi) is 4.09. The first-order chi connectivity index (χ1) is 7.79. The molecule has 1 fully saturated rings. The molecule has 0 saturated carbocycles. The predicted molar refractivity (Wildman–Crippen MR) is 64.2 cm³/mol. The molecule has 2 heterocycles. The monoisotopic (exact) mass is 242 g/mol. The Bertz CT molecular complexity index is 328. The lowest BCUT2D eigenvalue weighted by atomic mass is 9.99. The number of hydrogen-bond donors (Lipinski definition) is 1. The third kappa shape index (κ3) is 2.90. The highest BCUT2D eigenvalue weighted by Gasteiger charge is 2.21. The number of aromatic nitrogens is 2. The second kappa shape index (κ2) is 5.56. The zero-order valence-electron chi connectivity index (χ0n) is 9.56. The largest absolute Gasteiger partial charge is 0.388 e. The summed E-state index contributed by atoms with van der Waals surface area (Å²) in [5.74, 6) is 0.645. The van der Waals surface area contributed by atoms with Gasteiger partial charge in [0, 0.05) is 31.7 Å². The minimum Gasteiger partial charge on any atom is -0.388 e. The van der Waals surface area contributed by atoms with Gasteiger partial charge in [-0.25, -0.2) is 0 Å². The van der Waals surface area contributed by atoms with Crippen molar-refractivity contribution in [1.29, 1.82) is 0 Å². The first-order valence-corrected chi connectivity index (χ1v) is 6.35. The molecule has 16 heavy (non-hydrogen) atoms. The van der Waals surface area contributed by atoms with Crippen LogP contribution in [0.3, 0.4) is 0 Å². The van der Waals surface area contributed by atoms with Gasteiger partial charge in [0.15, 0.2) is 0 Å². The summed E-state index contributed by atoms with van der Waals surface area (Å²) in [6.45, 7) is 3.87. The third-order valence-corrected chi connectivity index (χ3v) is 3.56. The van der Waals surface area contributed by atoms with Crippen LogP contribution in [0.1, 0.15) is 18.5 Å². The molecule has 2 rings (SSSR count). The minimum absolute atomic E-state index is 0.645. The Labute approximate surface area is 99.7 Å². The van der Waals surface area contributed by atoms with Gasteiger partial charge in [-0.05, 0) is 25.3 Å². The van der Waals surface area contributed by atoms with Crippen LogP contribution in [-0.2, 0) is 11.3 Å². The average Bonchev–Trinajstić information content (AvgIpc) is 2.66. The minimum atomic E-state index is 0.645. The van der Waals surface area contributed by atoms with Crippen LogP contribution < -0.4 is 5.73 Å². The Morgan fingerprint density at radius 2 is 2.50 bits per heavy atom. The van der Waals surface area contributed by atoms with E-state index in [-0.39, 0.29) is 0 Å². The number of hydrogen-bond acceptors (Lipinski definition) is 6. The van der Waals surface area contributed by atoms with Crippen molar-refractivity contribution in [2.45, 2.75) is 19.4 Å². The molecule has 2 N–H and O–H groups in total. The summed E-state index contributed by atoms with van der Waals surface area (Å²) in [4.78, 5) is 2.39. The molecule has 1 aromatic heterocycles. The Morgan fingerprint density at radius 1 is 1.62 bits per heavy atom. The molecule has 0 bridgehead atoms. The van der Waals surface area contributed by atoms with Crippen molar-refractivity contribution in [3.63, 3.8) is 0 Å². The van der Waals surface area contributed by atoms with Gasteiger partial charge in [0.2, 0.25) is 0 Å². The van der Waals surface area contributed by atoms with Gasteiger partial charge in [-0.15, -0.1) is 5.10 Å². The number of likely N-dealkylation sites (tertiary alicyclic amines) is 1. The molecular weight excluding hydrogens is 224 g/mol. The van der Waals surface area contributed by atoms with E-state index in [4.69, 9.17) is 10.5 Å². The highest BCUT2D eigenvalue weighted by atomic mass is 32.1. The van der Waals surface area contributed by atoms with Crippen molar-refractivity contribution in [3.05, 3.63) is 5.69 Å². The van der Waals surface area contributed by atoms with Crippen molar-refractivity contribution in [1.82, 2.24) is 14.5 Å². The molecule has 1 saturated heterocycles. The summed E-state index contributed by atoms with van der Waals surface area (Å²) in [5, 5.41) is 4.80. The number of nitrogens with two attached hydrogens (primary N) is 1. The van der Waals surface area contributed by atoms with Gasteiger partial charge in [-0.3, -0.25) is 4.90 Å². The fourth-order valence-electron chi connectivity index (χ4n) is 2.20. The van der Waals surface area contributed by atoms with Gasteiger partial charge in [-0.1, -0.05) is 4.49 Å². The zero-order valence-corrected chi connectivity index (χ0v) is 10.4. The summed E-state index contributed by atoms with van der Waals surface area (Å²) in [7, 11) is 1.77. The van der Waals surface area contributed by atoms with E-state index in [2.05, 4.69) is 14.5 Å². The van der Waals surface area contributed by atoms with Crippen molar-refractivity contribution in [3.8, 4) is 0 Å². The maximum atomic E-state index is 5.79. The van der Waals surface area contributed by atoms with Crippen LogP contribution in [0, 0.1) is 5.92 Å².